The summed E-state index contributed by atoms with van der Waals surface area (Å²) in [6.45, 7) is 2.87. The van der Waals surface area contributed by atoms with E-state index in [1.807, 2.05) is 0 Å². The van der Waals surface area contributed by atoms with Gasteiger partial charge in [-0.2, -0.15) is 0 Å². The summed E-state index contributed by atoms with van der Waals surface area (Å²) in [5.41, 5.74) is 3.17. The molecule has 4 N–H and O–H groups in total. The van der Waals surface area contributed by atoms with E-state index in [0.29, 0.717) is 23.3 Å². The Hall–Kier alpha value is -1.33. The van der Waals surface area contributed by atoms with Gasteiger partial charge < -0.3 is 10.7 Å². The van der Waals surface area contributed by atoms with Gasteiger partial charge in [0.25, 0.3) is 5.91 Å². The first-order valence-corrected chi connectivity index (χ1v) is 6.39. The molecule has 1 aliphatic carbocycles. The van der Waals surface area contributed by atoms with E-state index in [0.717, 1.165) is 6.42 Å². The van der Waals surface area contributed by atoms with Gasteiger partial charge in [0, 0.05) is 12.1 Å². The SMILES string of the molecule is CCC1(CNC(=O)c2cc(Cl)nc(NN)c2)CC1. The molecule has 0 aliphatic heterocycles. The third-order valence-electron chi connectivity index (χ3n) is 3.54. The molecule has 0 atom stereocenters. The van der Waals surface area contributed by atoms with Gasteiger partial charge in [0.2, 0.25) is 0 Å². The molecular formula is C12H17ClN4O. The molecule has 1 saturated carbocycles. The molecule has 0 bridgehead atoms. The Balaban J connectivity index is 2.02. The van der Waals surface area contributed by atoms with Gasteiger partial charge in [0.15, 0.2) is 0 Å². The van der Waals surface area contributed by atoms with Crippen LogP contribution in [0.1, 0.15) is 36.5 Å². The molecule has 5 nitrogen and oxygen atoms in total. The molecule has 0 saturated heterocycles. The number of amides is 1. The topological polar surface area (TPSA) is 80.0 Å². The van der Waals surface area contributed by atoms with Crippen molar-refractivity contribution in [2.45, 2.75) is 26.2 Å². The zero-order valence-corrected chi connectivity index (χ0v) is 11.0. The number of hydrogen-bond donors (Lipinski definition) is 3. The number of hydrogen-bond acceptors (Lipinski definition) is 4. The van der Waals surface area contributed by atoms with Crippen LogP contribution in [0, 0.1) is 5.41 Å². The summed E-state index contributed by atoms with van der Waals surface area (Å²) in [5.74, 6) is 5.50. The first-order valence-electron chi connectivity index (χ1n) is 6.01. The Bertz CT molecular complexity index is 459. The number of hydrazine groups is 1. The summed E-state index contributed by atoms with van der Waals surface area (Å²) in [5, 5.41) is 3.18. The van der Waals surface area contributed by atoms with Gasteiger partial charge in [-0.15, -0.1) is 0 Å². The van der Waals surface area contributed by atoms with Gasteiger partial charge in [-0.1, -0.05) is 18.5 Å². The van der Waals surface area contributed by atoms with Gasteiger partial charge in [0.1, 0.15) is 11.0 Å². The largest absolute Gasteiger partial charge is 0.351 e. The highest BCUT2D eigenvalue weighted by molar-refractivity contribution is 6.29. The number of nitrogens with two attached hydrogens (primary N) is 1. The van der Waals surface area contributed by atoms with Crippen LogP contribution in [0.3, 0.4) is 0 Å². The fourth-order valence-corrected chi connectivity index (χ4v) is 2.11. The Kier molecular flexibility index (Phi) is 3.73. The number of nitrogens with zero attached hydrogens (tertiary/aromatic N) is 1. The van der Waals surface area contributed by atoms with Crippen LogP contribution in [0.5, 0.6) is 0 Å². The average Bonchev–Trinajstić information content (AvgIpc) is 3.16. The summed E-state index contributed by atoms with van der Waals surface area (Å²) < 4.78 is 0. The minimum Gasteiger partial charge on any atom is -0.351 e. The van der Waals surface area contributed by atoms with Gasteiger partial charge >= 0.3 is 0 Å². The van der Waals surface area contributed by atoms with E-state index in [-0.39, 0.29) is 11.1 Å². The van der Waals surface area contributed by atoms with E-state index in [2.05, 4.69) is 22.7 Å². The van der Waals surface area contributed by atoms with Crippen LogP contribution >= 0.6 is 11.6 Å². The Morgan fingerprint density at radius 1 is 1.56 bits per heavy atom. The molecule has 1 heterocycles. The van der Waals surface area contributed by atoms with E-state index in [1.54, 1.807) is 6.07 Å². The number of rotatable bonds is 5. The lowest BCUT2D eigenvalue weighted by Crippen LogP contribution is -2.30. The second kappa shape index (κ2) is 5.12. The second-order valence-corrected chi connectivity index (χ2v) is 5.13. The van der Waals surface area contributed by atoms with Crippen molar-refractivity contribution >= 4 is 23.3 Å². The average molecular weight is 269 g/mol. The van der Waals surface area contributed by atoms with Crippen LogP contribution < -0.4 is 16.6 Å². The molecule has 0 aromatic carbocycles. The first kappa shape index (κ1) is 13.1. The number of carbonyl (C=O) groups excluding carboxylic acids is 1. The third kappa shape index (κ3) is 2.91. The molecule has 0 radical (unpaired) electrons. The standard InChI is InChI=1S/C12H17ClN4O/c1-2-12(3-4-12)7-15-11(18)8-5-9(13)16-10(6-8)17-14/h5-6H,2-4,7,14H2,1H3,(H,15,18)(H,16,17). The number of anilines is 1. The number of carbonyl (C=O) groups is 1. The van der Waals surface area contributed by atoms with Crippen LogP contribution in [-0.4, -0.2) is 17.4 Å². The highest BCUT2D eigenvalue weighted by atomic mass is 35.5. The summed E-state index contributed by atoms with van der Waals surface area (Å²) >= 11 is 5.82. The molecule has 2 rings (SSSR count). The highest BCUT2D eigenvalue weighted by Gasteiger charge is 2.40. The van der Waals surface area contributed by atoms with Gasteiger partial charge in [-0.25, -0.2) is 10.8 Å². The molecule has 1 fully saturated rings. The zero-order valence-electron chi connectivity index (χ0n) is 10.3. The lowest BCUT2D eigenvalue weighted by molar-refractivity contribution is 0.0944. The normalized spacial score (nSPS) is 16.2. The molecule has 1 aromatic rings. The predicted octanol–water partition coefficient (Wildman–Crippen LogP) is 1.94. The lowest BCUT2D eigenvalue weighted by Gasteiger charge is -2.13. The van der Waals surface area contributed by atoms with Crippen LogP contribution in [0.25, 0.3) is 0 Å². The van der Waals surface area contributed by atoms with Crippen molar-refractivity contribution in [2.75, 3.05) is 12.0 Å². The van der Waals surface area contributed by atoms with Crippen LogP contribution in [0.4, 0.5) is 5.82 Å². The molecule has 1 amide bonds. The van der Waals surface area contributed by atoms with E-state index < -0.39 is 0 Å². The fraction of sp³-hybridized carbons (Fsp3) is 0.500. The van der Waals surface area contributed by atoms with Crippen LogP contribution in [-0.2, 0) is 0 Å². The molecule has 18 heavy (non-hydrogen) atoms. The molecule has 1 aliphatic rings. The Morgan fingerprint density at radius 2 is 2.28 bits per heavy atom. The molecule has 0 spiro atoms. The molecule has 0 unspecified atom stereocenters. The minimum absolute atomic E-state index is 0.143. The molecular weight excluding hydrogens is 252 g/mol. The maximum Gasteiger partial charge on any atom is 0.251 e. The number of aromatic nitrogens is 1. The molecule has 6 heteroatoms. The van der Waals surface area contributed by atoms with Crippen molar-refractivity contribution in [1.29, 1.82) is 0 Å². The molecule has 1 aromatic heterocycles. The highest BCUT2D eigenvalue weighted by Crippen LogP contribution is 2.47. The van der Waals surface area contributed by atoms with Crippen molar-refractivity contribution in [3.05, 3.63) is 22.8 Å². The van der Waals surface area contributed by atoms with Crippen molar-refractivity contribution < 1.29 is 4.79 Å². The third-order valence-corrected chi connectivity index (χ3v) is 3.73. The van der Waals surface area contributed by atoms with E-state index in [1.165, 1.54) is 18.9 Å². The first-order chi connectivity index (χ1) is 8.58. The summed E-state index contributed by atoms with van der Waals surface area (Å²) in [7, 11) is 0. The lowest BCUT2D eigenvalue weighted by atomic mass is 10.0. The smallest absolute Gasteiger partial charge is 0.251 e. The van der Waals surface area contributed by atoms with Crippen LogP contribution in [0.15, 0.2) is 12.1 Å². The van der Waals surface area contributed by atoms with Gasteiger partial charge in [0.05, 0.1) is 0 Å². The Morgan fingerprint density at radius 3 is 2.83 bits per heavy atom. The van der Waals surface area contributed by atoms with Gasteiger partial charge in [-0.05, 0) is 36.8 Å². The maximum absolute atomic E-state index is 12.0. The maximum atomic E-state index is 12.0. The van der Waals surface area contributed by atoms with Crippen LogP contribution in [0.2, 0.25) is 5.15 Å². The predicted molar refractivity (Wildman–Crippen MR) is 71.3 cm³/mol. The molecule has 98 valence electrons. The number of halogens is 1. The number of nitrogen functional groups attached to an aromatic ring is 1. The van der Waals surface area contributed by atoms with Crippen molar-refractivity contribution in [2.24, 2.45) is 11.3 Å². The zero-order chi connectivity index (χ0) is 13.2. The summed E-state index contributed by atoms with van der Waals surface area (Å²) in [4.78, 5) is 15.9. The summed E-state index contributed by atoms with van der Waals surface area (Å²) in [6, 6.07) is 3.11. The van der Waals surface area contributed by atoms with Crippen molar-refractivity contribution in [3.8, 4) is 0 Å². The number of nitrogens with one attached hydrogen (secondary N) is 2. The van der Waals surface area contributed by atoms with E-state index in [9.17, 15) is 4.79 Å². The van der Waals surface area contributed by atoms with E-state index in [4.69, 9.17) is 17.4 Å². The van der Waals surface area contributed by atoms with Crippen molar-refractivity contribution in [3.63, 3.8) is 0 Å². The second-order valence-electron chi connectivity index (χ2n) is 4.74. The van der Waals surface area contributed by atoms with Crippen molar-refractivity contribution in [1.82, 2.24) is 10.3 Å². The monoisotopic (exact) mass is 268 g/mol. The van der Waals surface area contributed by atoms with Gasteiger partial charge in [-0.3, -0.25) is 4.79 Å². The summed E-state index contributed by atoms with van der Waals surface area (Å²) in [6.07, 6.45) is 3.48. The number of pyridine rings is 1. The Labute approximate surface area is 111 Å². The fourth-order valence-electron chi connectivity index (χ4n) is 1.90. The quantitative estimate of drug-likeness (QED) is 0.433. The van der Waals surface area contributed by atoms with E-state index >= 15 is 0 Å². The minimum atomic E-state index is -0.143.